The summed E-state index contributed by atoms with van der Waals surface area (Å²) in [6.07, 6.45) is -4.21. The summed E-state index contributed by atoms with van der Waals surface area (Å²) in [7, 11) is 0. The average Bonchev–Trinajstić information content (AvgIpc) is 2.65. The lowest BCUT2D eigenvalue weighted by atomic mass is 9.89. The Morgan fingerprint density at radius 2 is 1.90 bits per heavy atom. The summed E-state index contributed by atoms with van der Waals surface area (Å²) in [5.74, 6) is -1.91. The Bertz CT molecular complexity index is 563. The molecule has 4 nitrogen and oxygen atoms in total. The topological polar surface area (TPSA) is 63.4 Å². The van der Waals surface area contributed by atoms with Crippen LogP contribution in [0.3, 0.4) is 0 Å². The van der Waals surface area contributed by atoms with E-state index in [1.54, 1.807) is 0 Å². The predicted molar refractivity (Wildman–Crippen MR) is 64.5 cm³/mol. The Morgan fingerprint density at radius 1 is 1.35 bits per heavy atom. The van der Waals surface area contributed by atoms with Gasteiger partial charge in [-0.1, -0.05) is 12.1 Å². The van der Waals surface area contributed by atoms with Crippen LogP contribution in [0.25, 0.3) is 0 Å². The van der Waals surface area contributed by atoms with Crippen LogP contribution in [0.15, 0.2) is 24.3 Å². The number of benzene rings is 1. The van der Waals surface area contributed by atoms with E-state index in [0.717, 1.165) is 12.1 Å². The van der Waals surface area contributed by atoms with Crippen LogP contribution in [0.1, 0.15) is 30.4 Å². The highest BCUT2D eigenvalue weighted by Crippen LogP contribution is 2.34. The van der Waals surface area contributed by atoms with Gasteiger partial charge < -0.3 is 10.3 Å². The van der Waals surface area contributed by atoms with E-state index in [0.29, 0.717) is 16.0 Å². The first-order valence-electron chi connectivity index (χ1n) is 5.90. The molecule has 7 heteroatoms. The molecule has 2 rings (SSSR count). The number of carboxylic acid groups (broad SMARTS) is 1. The number of aliphatic carboxylic acids is 1. The van der Waals surface area contributed by atoms with Gasteiger partial charge in [-0.3, -0.25) is 0 Å². The lowest BCUT2D eigenvalue weighted by Crippen LogP contribution is -2.32. The molecule has 0 unspecified atom stereocenters. The molecule has 0 amide bonds. The minimum Gasteiger partial charge on any atom is -0.623 e. The van der Waals surface area contributed by atoms with E-state index >= 15 is 0 Å². The van der Waals surface area contributed by atoms with E-state index in [4.69, 9.17) is 5.11 Å². The summed E-state index contributed by atoms with van der Waals surface area (Å²) in [4.78, 5) is 11.1. The number of carbonyl (C=O) groups is 1. The van der Waals surface area contributed by atoms with Crippen molar-refractivity contribution in [2.45, 2.75) is 31.5 Å². The molecule has 1 heterocycles. The maximum absolute atomic E-state index is 12.5. The number of carboxylic acids is 1. The molecule has 108 valence electrons. The zero-order valence-electron chi connectivity index (χ0n) is 10.5. The molecular weight excluding hydrogens is 275 g/mol. The number of halogens is 3. The average molecular weight is 287 g/mol. The fraction of sp³-hybridized carbons (Fsp3) is 0.385. The Morgan fingerprint density at radius 3 is 2.35 bits per heavy atom. The van der Waals surface area contributed by atoms with Crippen LogP contribution < -0.4 is 0 Å². The number of hydrogen-bond donors (Lipinski definition) is 1. The maximum Gasteiger partial charge on any atom is 0.416 e. The van der Waals surface area contributed by atoms with Gasteiger partial charge in [0.15, 0.2) is 5.71 Å². The van der Waals surface area contributed by atoms with E-state index in [1.807, 2.05) is 0 Å². The zero-order chi connectivity index (χ0) is 15.1. The molecule has 1 aliphatic rings. The van der Waals surface area contributed by atoms with Gasteiger partial charge >= 0.3 is 12.1 Å². The number of hydrogen-bond acceptors (Lipinski definition) is 2. The molecule has 0 aromatic heterocycles. The smallest absolute Gasteiger partial charge is 0.416 e. The van der Waals surface area contributed by atoms with Gasteiger partial charge in [0.05, 0.1) is 11.5 Å². The van der Waals surface area contributed by atoms with E-state index in [2.05, 4.69) is 0 Å². The van der Waals surface area contributed by atoms with Crippen molar-refractivity contribution in [1.82, 2.24) is 0 Å². The van der Waals surface area contributed by atoms with Gasteiger partial charge in [0, 0.05) is 13.3 Å². The van der Waals surface area contributed by atoms with Gasteiger partial charge in [0.2, 0.25) is 0 Å². The van der Waals surface area contributed by atoms with Gasteiger partial charge in [-0.25, -0.2) is 4.79 Å². The lowest BCUT2D eigenvalue weighted by Gasteiger charge is -2.16. The van der Waals surface area contributed by atoms with Crippen LogP contribution in [0.5, 0.6) is 0 Å². The molecule has 0 fully saturated rings. The van der Waals surface area contributed by atoms with Crippen LogP contribution in [0.2, 0.25) is 0 Å². The highest BCUT2D eigenvalue weighted by molar-refractivity contribution is 5.85. The first-order chi connectivity index (χ1) is 9.21. The number of alkyl halides is 3. The zero-order valence-corrected chi connectivity index (χ0v) is 10.5. The van der Waals surface area contributed by atoms with Crippen LogP contribution >= 0.6 is 0 Å². The quantitative estimate of drug-likeness (QED) is 0.671. The number of hydroxylamine groups is 1. The summed E-state index contributed by atoms with van der Waals surface area (Å²) >= 11 is 0. The van der Waals surface area contributed by atoms with E-state index in [-0.39, 0.29) is 6.42 Å². The van der Waals surface area contributed by atoms with Gasteiger partial charge in [-0.15, -0.1) is 0 Å². The molecule has 20 heavy (non-hydrogen) atoms. The van der Waals surface area contributed by atoms with Crippen molar-refractivity contribution >= 4 is 11.7 Å². The molecule has 1 aliphatic heterocycles. The largest absolute Gasteiger partial charge is 0.623 e. The molecule has 0 aliphatic carbocycles. The molecule has 0 saturated heterocycles. The summed E-state index contributed by atoms with van der Waals surface area (Å²) in [6.45, 7) is 1.52. The monoisotopic (exact) mass is 287 g/mol. The molecule has 0 saturated carbocycles. The van der Waals surface area contributed by atoms with Crippen LogP contribution in [0, 0.1) is 5.21 Å². The second-order valence-corrected chi connectivity index (χ2v) is 4.77. The highest BCUT2D eigenvalue weighted by Gasteiger charge is 2.44. The Labute approximate surface area is 112 Å². The second-order valence-electron chi connectivity index (χ2n) is 4.77. The molecule has 0 radical (unpaired) electrons. The summed E-state index contributed by atoms with van der Waals surface area (Å²) < 4.78 is 37.8. The van der Waals surface area contributed by atoms with E-state index in [1.165, 1.54) is 19.1 Å². The summed E-state index contributed by atoms with van der Waals surface area (Å²) in [5.41, 5.74) is -0.0174. The first-order valence-corrected chi connectivity index (χ1v) is 5.90. The minimum absolute atomic E-state index is 0.228. The Kier molecular flexibility index (Phi) is 3.45. The molecule has 2 atom stereocenters. The first kappa shape index (κ1) is 14.4. The third-order valence-electron chi connectivity index (χ3n) is 3.44. The number of nitrogens with zero attached hydrogens (tertiary/aromatic N) is 1. The minimum atomic E-state index is -4.44. The highest BCUT2D eigenvalue weighted by atomic mass is 19.4. The van der Waals surface area contributed by atoms with Crippen molar-refractivity contribution in [2.24, 2.45) is 0 Å². The summed E-state index contributed by atoms with van der Waals surface area (Å²) in [5, 5.41) is 20.8. The molecule has 0 spiro atoms. The fourth-order valence-electron chi connectivity index (χ4n) is 2.41. The van der Waals surface area contributed by atoms with Gasteiger partial charge in [0.25, 0.3) is 6.04 Å². The molecular formula is C13H12F3NO3. The van der Waals surface area contributed by atoms with E-state index in [9.17, 15) is 23.2 Å². The van der Waals surface area contributed by atoms with Crippen LogP contribution in [0.4, 0.5) is 13.2 Å². The SMILES string of the molecule is CC1=[N+]([O-])[C@@H](C(=O)O)[C@H](c2ccc(C(F)(F)F)cc2)C1. The molecule has 1 N–H and O–H groups in total. The van der Waals surface area contributed by atoms with Crippen LogP contribution in [-0.4, -0.2) is 27.6 Å². The fourth-order valence-corrected chi connectivity index (χ4v) is 2.41. The standard InChI is InChI=1S/C13H12F3NO3/c1-7-6-10(11(12(18)19)17(7)20)8-2-4-9(5-3-8)13(14,15)16/h2-5,10-11H,6H2,1H3,(H,18,19)/t10-,11+/m0/s1. The van der Waals surface area contributed by atoms with E-state index < -0.39 is 29.7 Å². The molecule has 1 aromatic rings. The molecule has 0 bridgehead atoms. The van der Waals surface area contributed by atoms with Crippen LogP contribution in [-0.2, 0) is 11.0 Å². The third kappa shape index (κ3) is 2.48. The number of rotatable bonds is 2. The van der Waals surface area contributed by atoms with Crippen molar-refractivity contribution in [1.29, 1.82) is 0 Å². The maximum atomic E-state index is 12.5. The van der Waals surface area contributed by atoms with Crippen molar-refractivity contribution in [2.75, 3.05) is 0 Å². The second kappa shape index (κ2) is 4.81. The van der Waals surface area contributed by atoms with Crippen molar-refractivity contribution in [3.8, 4) is 0 Å². The Balaban J connectivity index is 2.31. The van der Waals surface area contributed by atoms with Crippen molar-refractivity contribution in [3.05, 3.63) is 40.6 Å². The van der Waals surface area contributed by atoms with Gasteiger partial charge in [-0.05, 0) is 17.7 Å². The molecule has 1 aromatic carbocycles. The predicted octanol–water partition coefficient (Wildman–Crippen LogP) is 2.62. The third-order valence-corrected chi connectivity index (χ3v) is 3.44. The normalized spacial score (nSPS) is 23.2. The Hall–Kier alpha value is -2.05. The van der Waals surface area contributed by atoms with Crippen molar-refractivity contribution < 1.29 is 27.8 Å². The van der Waals surface area contributed by atoms with Crippen molar-refractivity contribution in [3.63, 3.8) is 0 Å². The van der Waals surface area contributed by atoms with Gasteiger partial charge in [-0.2, -0.15) is 17.9 Å². The lowest BCUT2D eigenvalue weighted by molar-refractivity contribution is -0.483. The van der Waals surface area contributed by atoms with Gasteiger partial charge in [0.1, 0.15) is 0 Å². The summed E-state index contributed by atoms with van der Waals surface area (Å²) in [6, 6.07) is 2.98.